The number of anilines is 3. The van der Waals surface area contributed by atoms with Crippen LogP contribution in [-0.4, -0.2) is 126 Å². The normalized spacial score (nSPS) is 23.8. The minimum Gasteiger partial charge on any atom is -0.371 e. The Labute approximate surface area is 332 Å². The summed E-state index contributed by atoms with van der Waals surface area (Å²) in [5.74, 6) is -1.48. The van der Waals surface area contributed by atoms with Crippen LogP contribution in [0, 0.1) is 18.9 Å². The van der Waals surface area contributed by atoms with Crippen molar-refractivity contribution in [2.75, 3.05) is 73.6 Å². The molecule has 14 heteroatoms. The Balaban J connectivity index is 0.741. The fourth-order valence-electron chi connectivity index (χ4n) is 9.93. The monoisotopic (exact) mass is 769 g/mol. The van der Waals surface area contributed by atoms with Gasteiger partial charge in [0.05, 0.1) is 16.8 Å². The van der Waals surface area contributed by atoms with E-state index in [1.807, 2.05) is 36.2 Å². The van der Waals surface area contributed by atoms with E-state index in [9.17, 15) is 24.0 Å². The van der Waals surface area contributed by atoms with Crippen LogP contribution in [0.2, 0.25) is 0 Å². The van der Waals surface area contributed by atoms with E-state index in [1.165, 1.54) is 0 Å². The second-order valence-electron chi connectivity index (χ2n) is 16.7. The summed E-state index contributed by atoms with van der Waals surface area (Å²) in [6, 6.07) is 15.2. The molecule has 0 aliphatic carbocycles. The van der Waals surface area contributed by atoms with Gasteiger partial charge in [-0.25, -0.2) is 0 Å². The average Bonchev–Trinajstić information content (AvgIpc) is 3.65. The molecule has 6 aliphatic heterocycles. The molecule has 2 atom stereocenters. The molecule has 57 heavy (non-hydrogen) atoms. The van der Waals surface area contributed by atoms with Crippen LogP contribution in [0.15, 0.2) is 54.7 Å². The van der Waals surface area contributed by atoms with E-state index < -0.39 is 29.7 Å². The molecule has 0 saturated carbocycles. The van der Waals surface area contributed by atoms with Gasteiger partial charge in [0.2, 0.25) is 11.8 Å². The standard InChI is InChI=1S/C43H47N9O5/c1-27-20-32(23-45-38(27)44-3)51-26-43(22-28(51)2)12-14-47(15-13-43)30-6-4-29(5-7-30)40(55)49-18-16-48(17-19-49)33-24-50(25-33)31-8-9-34-35(21-31)42(57)52(41(34)56)36-10-11-37(53)46-39(36)54/h4-9,20-21,23,28,33,36H,10-19,22,24-26H2,1-2H3,(H,46,53,54). The van der Waals surface area contributed by atoms with Gasteiger partial charge in [-0.2, -0.15) is 0 Å². The number of amides is 5. The van der Waals surface area contributed by atoms with Gasteiger partial charge in [0.25, 0.3) is 23.5 Å². The van der Waals surface area contributed by atoms with Gasteiger partial charge in [-0.15, -0.1) is 4.98 Å². The fourth-order valence-corrected chi connectivity index (χ4v) is 9.93. The van der Waals surface area contributed by atoms with Gasteiger partial charge < -0.3 is 24.4 Å². The number of benzene rings is 2. The predicted octanol–water partition coefficient (Wildman–Crippen LogP) is 3.87. The van der Waals surface area contributed by atoms with E-state index >= 15 is 0 Å². The van der Waals surface area contributed by atoms with E-state index in [0.717, 1.165) is 92.6 Å². The molecule has 0 bridgehead atoms. The highest BCUT2D eigenvalue weighted by Gasteiger charge is 2.46. The lowest BCUT2D eigenvalue weighted by molar-refractivity contribution is -0.136. The quantitative estimate of drug-likeness (QED) is 0.291. The number of fused-ring (bicyclic) bond motifs is 1. The maximum atomic E-state index is 13.6. The number of piperidine rings is 2. The summed E-state index contributed by atoms with van der Waals surface area (Å²) in [6.07, 6.45) is 5.45. The van der Waals surface area contributed by atoms with Gasteiger partial charge in [0.1, 0.15) is 12.2 Å². The molecule has 2 aromatic carbocycles. The van der Waals surface area contributed by atoms with Crippen molar-refractivity contribution in [3.8, 4) is 0 Å². The van der Waals surface area contributed by atoms with E-state index in [-0.39, 0.29) is 35.3 Å². The van der Waals surface area contributed by atoms with Crippen LogP contribution in [0.3, 0.4) is 0 Å². The Bertz CT molecular complexity index is 2200. The molecule has 1 aromatic heterocycles. The number of carbonyl (C=O) groups is 5. The Morgan fingerprint density at radius 1 is 0.860 bits per heavy atom. The summed E-state index contributed by atoms with van der Waals surface area (Å²) in [6.45, 7) is 19.0. The van der Waals surface area contributed by atoms with Crippen molar-refractivity contribution in [1.82, 2.24) is 25.0 Å². The summed E-state index contributed by atoms with van der Waals surface area (Å²) in [5.41, 5.74) is 5.59. The highest BCUT2D eigenvalue weighted by Crippen LogP contribution is 2.46. The third-order valence-corrected chi connectivity index (χ3v) is 13.3. The second-order valence-corrected chi connectivity index (χ2v) is 16.7. The number of nitrogens with one attached hydrogen (secondary N) is 1. The zero-order valence-electron chi connectivity index (χ0n) is 32.4. The number of aryl methyl sites for hydroxylation is 1. The Kier molecular flexibility index (Phi) is 9.23. The first-order valence-electron chi connectivity index (χ1n) is 20.1. The van der Waals surface area contributed by atoms with Gasteiger partial charge in [0, 0.05) is 94.3 Å². The van der Waals surface area contributed by atoms with Crippen molar-refractivity contribution in [3.63, 3.8) is 0 Å². The largest absolute Gasteiger partial charge is 0.371 e. The summed E-state index contributed by atoms with van der Waals surface area (Å²) in [7, 11) is 0. The smallest absolute Gasteiger partial charge is 0.272 e. The predicted molar refractivity (Wildman–Crippen MR) is 214 cm³/mol. The highest BCUT2D eigenvalue weighted by atomic mass is 16.2. The van der Waals surface area contributed by atoms with Gasteiger partial charge >= 0.3 is 0 Å². The number of aromatic nitrogens is 1. The average molecular weight is 770 g/mol. The van der Waals surface area contributed by atoms with E-state index in [1.54, 1.807) is 12.1 Å². The Morgan fingerprint density at radius 2 is 1.56 bits per heavy atom. The van der Waals surface area contributed by atoms with Gasteiger partial charge in [-0.1, -0.05) is 6.57 Å². The van der Waals surface area contributed by atoms with Crippen molar-refractivity contribution < 1.29 is 24.0 Å². The number of pyridine rings is 1. The minimum absolute atomic E-state index is 0.0620. The highest BCUT2D eigenvalue weighted by molar-refractivity contribution is 6.23. The molecular weight excluding hydrogens is 723 g/mol. The van der Waals surface area contributed by atoms with Gasteiger partial charge in [0.15, 0.2) is 0 Å². The van der Waals surface area contributed by atoms with Crippen molar-refractivity contribution in [2.45, 2.75) is 64.1 Å². The van der Waals surface area contributed by atoms with Crippen molar-refractivity contribution in [2.24, 2.45) is 5.41 Å². The molecule has 14 nitrogen and oxygen atoms in total. The first-order valence-corrected chi connectivity index (χ1v) is 20.1. The molecule has 9 rings (SSSR count). The minimum atomic E-state index is -0.981. The lowest BCUT2D eigenvalue weighted by Gasteiger charge is -2.49. The zero-order valence-corrected chi connectivity index (χ0v) is 32.4. The molecule has 1 N–H and O–H groups in total. The third-order valence-electron chi connectivity index (χ3n) is 13.3. The number of hydrogen-bond acceptors (Lipinski definition) is 10. The maximum Gasteiger partial charge on any atom is 0.272 e. The molecule has 294 valence electrons. The van der Waals surface area contributed by atoms with Crippen molar-refractivity contribution in [3.05, 3.63) is 88.4 Å². The van der Waals surface area contributed by atoms with Crippen LogP contribution in [-0.2, 0) is 9.59 Å². The Morgan fingerprint density at radius 3 is 2.25 bits per heavy atom. The summed E-state index contributed by atoms with van der Waals surface area (Å²) >= 11 is 0. The van der Waals surface area contributed by atoms with Crippen LogP contribution in [0.5, 0.6) is 0 Å². The summed E-state index contributed by atoms with van der Waals surface area (Å²) < 4.78 is 0. The van der Waals surface area contributed by atoms with E-state index in [0.29, 0.717) is 36.6 Å². The molecule has 6 aliphatic rings. The van der Waals surface area contributed by atoms with Crippen LogP contribution in [0.1, 0.15) is 75.7 Å². The number of piperazine rings is 1. The number of rotatable bonds is 6. The summed E-state index contributed by atoms with van der Waals surface area (Å²) in [5, 5.41) is 2.24. The lowest BCUT2D eigenvalue weighted by atomic mass is 9.76. The van der Waals surface area contributed by atoms with Crippen molar-refractivity contribution in [1.29, 1.82) is 0 Å². The molecule has 5 amide bonds. The molecule has 2 unspecified atom stereocenters. The topological polar surface area (TPSA) is 134 Å². The van der Waals surface area contributed by atoms with Gasteiger partial charge in [-0.3, -0.25) is 39.1 Å². The van der Waals surface area contributed by atoms with Crippen LogP contribution < -0.4 is 20.0 Å². The molecule has 1 spiro atoms. The Hall–Kier alpha value is -5.81. The molecule has 3 aromatic rings. The molecule has 0 radical (unpaired) electrons. The summed E-state index contributed by atoms with van der Waals surface area (Å²) in [4.78, 5) is 84.4. The third kappa shape index (κ3) is 6.57. The van der Waals surface area contributed by atoms with E-state index in [4.69, 9.17) is 6.57 Å². The SMILES string of the molecule is [C-]#[N+]c1ncc(N2CC3(CCN(c4ccc(C(=O)N5CCN(C6CN(c7ccc8c(c7)C(=O)N(C7CCC(=O)NC7=O)C8=O)C6)CC5)cc4)CC3)CC2C)cc1C. The van der Waals surface area contributed by atoms with Crippen LogP contribution in [0.25, 0.3) is 4.85 Å². The van der Waals surface area contributed by atoms with Crippen LogP contribution >= 0.6 is 0 Å². The first kappa shape index (κ1) is 36.8. The zero-order chi connectivity index (χ0) is 39.6. The fraction of sp³-hybridized carbons (Fsp3) is 0.465. The van der Waals surface area contributed by atoms with E-state index in [2.05, 4.69) is 59.9 Å². The molecule has 5 saturated heterocycles. The number of nitrogens with zero attached hydrogens (tertiary/aromatic N) is 8. The first-order chi connectivity index (χ1) is 27.5. The number of carbonyl (C=O) groups excluding carboxylic acids is 5. The van der Waals surface area contributed by atoms with Gasteiger partial charge in [-0.05, 0) is 99.0 Å². The number of imide groups is 2. The number of hydrogen-bond donors (Lipinski definition) is 1. The molecular formula is C43H47N9O5. The van der Waals surface area contributed by atoms with Crippen LogP contribution in [0.4, 0.5) is 22.9 Å². The maximum absolute atomic E-state index is 13.6. The van der Waals surface area contributed by atoms with Crippen molar-refractivity contribution >= 4 is 52.4 Å². The molecule has 5 fully saturated rings. The molecule has 7 heterocycles. The second kappa shape index (κ2) is 14.3. The lowest BCUT2D eigenvalue weighted by Crippen LogP contribution is -2.63.